The van der Waals surface area contributed by atoms with Crippen molar-refractivity contribution in [2.75, 3.05) is 29.9 Å². The molecule has 0 radical (unpaired) electrons. The molecule has 6 nitrogen and oxygen atoms in total. The average molecular weight is 462 g/mol. The SMILES string of the molecule is O=C(c1ccccc1OC[C@H]1Nc2ccccc2C(=O)N1c1ccccc1Cl)N1CCCC1. The first-order valence-corrected chi connectivity index (χ1v) is 11.5. The Morgan fingerprint density at radius 1 is 0.970 bits per heavy atom. The lowest BCUT2D eigenvalue weighted by Crippen LogP contribution is -2.52. The van der Waals surface area contributed by atoms with Crippen molar-refractivity contribution in [1.82, 2.24) is 4.90 Å². The van der Waals surface area contributed by atoms with Gasteiger partial charge in [-0.1, -0.05) is 48.0 Å². The summed E-state index contributed by atoms with van der Waals surface area (Å²) in [6, 6.07) is 21.9. The number of fused-ring (bicyclic) bond motifs is 1. The monoisotopic (exact) mass is 461 g/mol. The van der Waals surface area contributed by atoms with Gasteiger partial charge in [0.1, 0.15) is 18.5 Å². The minimum absolute atomic E-state index is 0.0240. The zero-order valence-electron chi connectivity index (χ0n) is 18.0. The third kappa shape index (κ3) is 4.14. The van der Waals surface area contributed by atoms with Crippen LogP contribution in [0.2, 0.25) is 5.02 Å². The van der Waals surface area contributed by atoms with Crippen LogP contribution in [0.4, 0.5) is 11.4 Å². The molecule has 168 valence electrons. The Hall–Kier alpha value is -3.51. The Balaban J connectivity index is 1.44. The molecule has 0 aliphatic carbocycles. The molecule has 2 aliphatic heterocycles. The molecule has 2 heterocycles. The van der Waals surface area contributed by atoms with Gasteiger partial charge in [-0.05, 0) is 49.2 Å². The van der Waals surface area contributed by atoms with Gasteiger partial charge in [0.15, 0.2) is 0 Å². The van der Waals surface area contributed by atoms with Crippen LogP contribution in [0, 0.1) is 0 Å². The smallest absolute Gasteiger partial charge is 0.262 e. The largest absolute Gasteiger partial charge is 0.489 e. The molecule has 0 spiro atoms. The Morgan fingerprint density at radius 3 is 2.48 bits per heavy atom. The maximum atomic E-state index is 13.5. The van der Waals surface area contributed by atoms with Gasteiger partial charge >= 0.3 is 0 Å². The summed E-state index contributed by atoms with van der Waals surface area (Å²) in [5.41, 5.74) is 2.44. The highest BCUT2D eigenvalue weighted by Gasteiger charge is 2.34. The molecule has 3 aromatic rings. The summed E-state index contributed by atoms with van der Waals surface area (Å²) >= 11 is 6.46. The summed E-state index contributed by atoms with van der Waals surface area (Å²) in [7, 11) is 0. The van der Waals surface area contributed by atoms with Crippen LogP contribution in [-0.2, 0) is 0 Å². The van der Waals surface area contributed by atoms with Crippen molar-refractivity contribution in [3.8, 4) is 5.75 Å². The number of carbonyl (C=O) groups excluding carboxylic acids is 2. The number of hydrogen-bond acceptors (Lipinski definition) is 4. The van der Waals surface area contributed by atoms with Crippen molar-refractivity contribution >= 4 is 34.8 Å². The Bertz CT molecular complexity index is 1190. The van der Waals surface area contributed by atoms with E-state index in [1.54, 1.807) is 29.2 Å². The second kappa shape index (κ2) is 9.16. The highest BCUT2D eigenvalue weighted by atomic mass is 35.5. The van der Waals surface area contributed by atoms with Crippen molar-refractivity contribution < 1.29 is 14.3 Å². The molecule has 1 N–H and O–H groups in total. The summed E-state index contributed by atoms with van der Waals surface area (Å²) in [6.07, 6.45) is 1.53. The zero-order chi connectivity index (χ0) is 22.8. The number of nitrogens with one attached hydrogen (secondary N) is 1. The molecule has 0 saturated carbocycles. The molecule has 33 heavy (non-hydrogen) atoms. The number of halogens is 1. The molecule has 1 atom stereocenters. The van der Waals surface area contributed by atoms with E-state index in [1.807, 2.05) is 53.4 Å². The van der Waals surface area contributed by atoms with E-state index >= 15 is 0 Å². The van der Waals surface area contributed by atoms with Crippen molar-refractivity contribution in [2.45, 2.75) is 19.0 Å². The number of ether oxygens (including phenoxy) is 1. The van der Waals surface area contributed by atoms with Gasteiger partial charge in [-0.3, -0.25) is 14.5 Å². The number of anilines is 2. The van der Waals surface area contributed by atoms with Crippen LogP contribution in [0.15, 0.2) is 72.8 Å². The predicted molar refractivity (Wildman–Crippen MR) is 129 cm³/mol. The van der Waals surface area contributed by atoms with Crippen LogP contribution in [0.25, 0.3) is 0 Å². The zero-order valence-corrected chi connectivity index (χ0v) is 18.8. The normalized spacial score (nSPS) is 17.5. The first-order chi connectivity index (χ1) is 16.1. The summed E-state index contributed by atoms with van der Waals surface area (Å²) in [4.78, 5) is 29.9. The van der Waals surface area contributed by atoms with E-state index in [-0.39, 0.29) is 18.4 Å². The van der Waals surface area contributed by atoms with Gasteiger partial charge in [-0.25, -0.2) is 0 Å². The molecule has 1 fully saturated rings. The summed E-state index contributed by atoms with van der Waals surface area (Å²) in [6.45, 7) is 1.67. The molecule has 2 amide bonds. The highest BCUT2D eigenvalue weighted by Crippen LogP contribution is 2.34. The van der Waals surface area contributed by atoms with E-state index in [9.17, 15) is 9.59 Å². The van der Waals surface area contributed by atoms with Crippen LogP contribution >= 0.6 is 11.6 Å². The van der Waals surface area contributed by atoms with Gasteiger partial charge in [-0.15, -0.1) is 0 Å². The fourth-order valence-electron chi connectivity index (χ4n) is 4.38. The molecule has 2 aliphatic rings. The highest BCUT2D eigenvalue weighted by molar-refractivity contribution is 6.34. The number of nitrogens with zero attached hydrogens (tertiary/aromatic N) is 2. The Morgan fingerprint density at radius 2 is 1.67 bits per heavy atom. The number of para-hydroxylation sites is 3. The number of likely N-dealkylation sites (tertiary alicyclic amines) is 1. The van der Waals surface area contributed by atoms with Crippen LogP contribution < -0.4 is 15.0 Å². The third-order valence-electron chi connectivity index (χ3n) is 6.03. The van der Waals surface area contributed by atoms with Crippen LogP contribution in [0.3, 0.4) is 0 Å². The quantitative estimate of drug-likeness (QED) is 0.577. The van der Waals surface area contributed by atoms with Gasteiger partial charge in [0.25, 0.3) is 11.8 Å². The molecule has 0 bridgehead atoms. The van der Waals surface area contributed by atoms with E-state index in [0.29, 0.717) is 27.6 Å². The summed E-state index contributed by atoms with van der Waals surface area (Å²) in [5.74, 6) is 0.318. The van der Waals surface area contributed by atoms with E-state index < -0.39 is 6.17 Å². The molecule has 3 aromatic carbocycles. The maximum absolute atomic E-state index is 13.5. The van der Waals surface area contributed by atoms with Gasteiger partial charge in [0.2, 0.25) is 0 Å². The topological polar surface area (TPSA) is 61.9 Å². The lowest BCUT2D eigenvalue weighted by atomic mass is 10.1. The molecule has 5 rings (SSSR count). The van der Waals surface area contributed by atoms with E-state index in [4.69, 9.17) is 16.3 Å². The fourth-order valence-corrected chi connectivity index (χ4v) is 4.61. The lowest BCUT2D eigenvalue weighted by molar-refractivity contribution is 0.0786. The number of benzene rings is 3. The van der Waals surface area contributed by atoms with Gasteiger partial charge in [-0.2, -0.15) is 0 Å². The lowest BCUT2D eigenvalue weighted by Gasteiger charge is -2.38. The molecular formula is C26H24ClN3O3. The van der Waals surface area contributed by atoms with Crippen molar-refractivity contribution in [2.24, 2.45) is 0 Å². The van der Waals surface area contributed by atoms with Gasteiger partial charge in [0, 0.05) is 18.8 Å². The van der Waals surface area contributed by atoms with E-state index in [0.717, 1.165) is 31.6 Å². The molecule has 0 aromatic heterocycles. The molecule has 1 saturated heterocycles. The summed E-state index contributed by atoms with van der Waals surface area (Å²) in [5, 5.41) is 3.88. The first kappa shape index (κ1) is 21.3. The van der Waals surface area contributed by atoms with E-state index in [2.05, 4.69) is 5.32 Å². The van der Waals surface area contributed by atoms with Crippen molar-refractivity contribution in [1.29, 1.82) is 0 Å². The second-order valence-electron chi connectivity index (χ2n) is 8.14. The van der Waals surface area contributed by atoms with E-state index in [1.165, 1.54) is 0 Å². The Labute approximate surface area is 197 Å². The maximum Gasteiger partial charge on any atom is 0.262 e. The van der Waals surface area contributed by atoms with Crippen molar-refractivity contribution in [3.05, 3.63) is 88.9 Å². The van der Waals surface area contributed by atoms with Crippen molar-refractivity contribution in [3.63, 3.8) is 0 Å². The van der Waals surface area contributed by atoms with Crippen LogP contribution in [0.1, 0.15) is 33.6 Å². The Kier molecular flexibility index (Phi) is 5.92. The molecule has 0 unspecified atom stereocenters. The first-order valence-electron chi connectivity index (χ1n) is 11.1. The minimum atomic E-state index is -0.512. The van der Waals surface area contributed by atoms with Gasteiger partial charge in [0.05, 0.1) is 21.8 Å². The summed E-state index contributed by atoms with van der Waals surface area (Å²) < 4.78 is 6.17. The second-order valence-corrected chi connectivity index (χ2v) is 8.55. The number of rotatable bonds is 5. The minimum Gasteiger partial charge on any atom is -0.489 e. The number of hydrogen-bond donors (Lipinski definition) is 1. The fraction of sp³-hybridized carbons (Fsp3) is 0.231. The molecule has 7 heteroatoms. The predicted octanol–water partition coefficient (Wildman–Crippen LogP) is 5.05. The average Bonchev–Trinajstić information content (AvgIpc) is 3.38. The number of carbonyl (C=O) groups is 2. The molecular weight excluding hydrogens is 438 g/mol. The van der Waals surface area contributed by atoms with Crippen LogP contribution in [0.5, 0.6) is 5.75 Å². The standard InChI is InChI=1S/C26H24ClN3O3/c27-20-11-3-5-13-22(20)30-24(28-21-12-4-1-9-18(21)26(30)32)17-33-23-14-6-2-10-19(23)25(31)29-15-7-8-16-29/h1-6,9-14,24,28H,7-8,15-17H2/t24-/m0/s1. The van der Waals surface area contributed by atoms with Crippen LogP contribution in [-0.4, -0.2) is 42.6 Å². The number of amides is 2. The third-order valence-corrected chi connectivity index (χ3v) is 6.35. The van der Waals surface area contributed by atoms with Gasteiger partial charge < -0.3 is 15.0 Å².